The molecule has 0 amide bonds. The molecule has 2 atom stereocenters. The number of nitrogens with one attached hydrogen (secondary N) is 1. The van der Waals surface area contributed by atoms with Crippen molar-refractivity contribution in [2.75, 3.05) is 31.1 Å². The summed E-state index contributed by atoms with van der Waals surface area (Å²) in [6.07, 6.45) is 1.37. The molecule has 94 valence electrons. The van der Waals surface area contributed by atoms with Crippen LogP contribution in [0.2, 0.25) is 0 Å². The molecular weight excluding hydrogens is 233 g/mol. The number of hydrogen-bond acceptors (Lipinski definition) is 4. The predicted molar refractivity (Wildman–Crippen MR) is 65.0 cm³/mol. The average molecular weight is 247 g/mol. The van der Waals surface area contributed by atoms with Gasteiger partial charge in [-0.05, 0) is 24.0 Å². The molecule has 2 saturated heterocycles. The van der Waals surface area contributed by atoms with Crippen LogP contribution >= 0.6 is 0 Å². The Morgan fingerprint density at radius 2 is 2.00 bits per heavy atom. The number of aromatic nitrogens is 3. The summed E-state index contributed by atoms with van der Waals surface area (Å²) in [5.41, 5.74) is 0.696. The highest BCUT2D eigenvalue weighted by atomic mass is 19.1. The molecule has 2 aliphatic heterocycles. The SMILES string of the molecule is Fc1ccc2nc(N3C[C@H]4CNC[C@H]4C3)nn2c1. The third-order valence-electron chi connectivity index (χ3n) is 3.96. The molecule has 2 aromatic heterocycles. The summed E-state index contributed by atoms with van der Waals surface area (Å²) >= 11 is 0. The van der Waals surface area contributed by atoms with E-state index in [1.54, 1.807) is 6.07 Å². The van der Waals surface area contributed by atoms with E-state index < -0.39 is 0 Å². The highest BCUT2D eigenvalue weighted by molar-refractivity contribution is 5.45. The van der Waals surface area contributed by atoms with E-state index in [0.717, 1.165) is 32.1 Å². The summed E-state index contributed by atoms with van der Waals surface area (Å²) in [5.74, 6) is 1.83. The van der Waals surface area contributed by atoms with E-state index in [0.29, 0.717) is 17.5 Å². The number of fused-ring (bicyclic) bond motifs is 2. The van der Waals surface area contributed by atoms with Gasteiger partial charge in [-0.25, -0.2) is 8.91 Å². The third-order valence-corrected chi connectivity index (χ3v) is 3.96. The first kappa shape index (κ1) is 10.3. The van der Waals surface area contributed by atoms with Crippen molar-refractivity contribution in [3.05, 3.63) is 24.1 Å². The smallest absolute Gasteiger partial charge is 0.245 e. The normalized spacial score (nSPS) is 27.1. The molecule has 4 rings (SSSR count). The summed E-state index contributed by atoms with van der Waals surface area (Å²) in [5, 5.41) is 7.76. The fourth-order valence-electron chi connectivity index (χ4n) is 3.00. The van der Waals surface area contributed by atoms with Crippen LogP contribution in [0.5, 0.6) is 0 Å². The van der Waals surface area contributed by atoms with Crippen LogP contribution in [0.4, 0.5) is 10.3 Å². The highest BCUT2D eigenvalue weighted by Gasteiger charge is 2.37. The number of rotatable bonds is 1. The monoisotopic (exact) mass is 247 g/mol. The van der Waals surface area contributed by atoms with E-state index in [-0.39, 0.29) is 5.82 Å². The van der Waals surface area contributed by atoms with Gasteiger partial charge in [0.15, 0.2) is 5.65 Å². The van der Waals surface area contributed by atoms with Crippen LogP contribution in [-0.2, 0) is 0 Å². The zero-order valence-electron chi connectivity index (χ0n) is 9.88. The zero-order chi connectivity index (χ0) is 12.1. The molecule has 1 N–H and O–H groups in total. The minimum Gasteiger partial charge on any atom is -0.339 e. The van der Waals surface area contributed by atoms with Crippen molar-refractivity contribution < 1.29 is 4.39 Å². The maximum Gasteiger partial charge on any atom is 0.245 e. The van der Waals surface area contributed by atoms with Crippen LogP contribution in [-0.4, -0.2) is 40.8 Å². The van der Waals surface area contributed by atoms with Crippen LogP contribution in [0.15, 0.2) is 18.3 Å². The average Bonchev–Trinajstić information content (AvgIpc) is 2.99. The lowest BCUT2D eigenvalue weighted by atomic mass is 10.0. The Bertz CT molecular complexity index is 583. The molecule has 6 heteroatoms. The number of halogens is 1. The molecule has 0 saturated carbocycles. The van der Waals surface area contributed by atoms with Gasteiger partial charge in [0.05, 0.1) is 6.20 Å². The maximum absolute atomic E-state index is 13.1. The van der Waals surface area contributed by atoms with Gasteiger partial charge in [-0.2, -0.15) is 4.98 Å². The third kappa shape index (κ3) is 1.49. The van der Waals surface area contributed by atoms with Gasteiger partial charge in [0.1, 0.15) is 5.82 Å². The molecule has 5 nitrogen and oxygen atoms in total. The van der Waals surface area contributed by atoms with Crippen LogP contribution in [0.25, 0.3) is 5.65 Å². The minimum absolute atomic E-state index is 0.290. The Labute approximate surface area is 104 Å². The van der Waals surface area contributed by atoms with Crippen molar-refractivity contribution in [3.63, 3.8) is 0 Å². The Balaban J connectivity index is 1.67. The van der Waals surface area contributed by atoms with Crippen molar-refractivity contribution in [1.29, 1.82) is 0 Å². The lowest BCUT2D eigenvalue weighted by molar-refractivity contribution is 0.533. The lowest BCUT2D eigenvalue weighted by Crippen LogP contribution is -2.26. The second-order valence-electron chi connectivity index (χ2n) is 5.15. The van der Waals surface area contributed by atoms with Gasteiger partial charge >= 0.3 is 0 Å². The van der Waals surface area contributed by atoms with Crippen LogP contribution in [0, 0.1) is 17.7 Å². The highest BCUT2D eigenvalue weighted by Crippen LogP contribution is 2.28. The molecule has 2 aromatic rings. The maximum atomic E-state index is 13.1. The first-order chi connectivity index (χ1) is 8.79. The van der Waals surface area contributed by atoms with Gasteiger partial charge in [-0.3, -0.25) is 0 Å². The second-order valence-corrected chi connectivity index (χ2v) is 5.15. The molecule has 0 radical (unpaired) electrons. The molecule has 4 heterocycles. The molecule has 2 aliphatic rings. The molecule has 0 spiro atoms. The van der Waals surface area contributed by atoms with Gasteiger partial charge in [0.25, 0.3) is 0 Å². The van der Waals surface area contributed by atoms with E-state index in [4.69, 9.17) is 0 Å². The fraction of sp³-hybridized carbons (Fsp3) is 0.500. The minimum atomic E-state index is -0.290. The largest absolute Gasteiger partial charge is 0.339 e. The van der Waals surface area contributed by atoms with E-state index >= 15 is 0 Å². The van der Waals surface area contributed by atoms with Crippen LogP contribution < -0.4 is 10.2 Å². The molecule has 0 aliphatic carbocycles. The standard InChI is InChI=1S/C12H14FN5/c13-10-1-2-11-15-12(16-18(11)7-10)17-5-8-3-14-4-9(8)6-17/h1-2,7-9,14H,3-6H2/t8-,9+. The molecule has 2 fully saturated rings. The van der Waals surface area contributed by atoms with Gasteiger partial charge in [0, 0.05) is 26.2 Å². The second kappa shape index (κ2) is 3.65. The first-order valence-corrected chi connectivity index (χ1v) is 6.27. The number of anilines is 1. The van der Waals surface area contributed by atoms with Gasteiger partial charge in [-0.1, -0.05) is 0 Å². The van der Waals surface area contributed by atoms with Crippen LogP contribution in [0.1, 0.15) is 0 Å². The lowest BCUT2D eigenvalue weighted by Gasteiger charge is -2.14. The Kier molecular flexibility index (Phi) is 2.08. The summed E-state index contributed by atoms with van der Waals surface area (Å²) < 4.78 is 14.6. The van der Waals surface area contributed by atoms with Crippen molar-refractivity contribution in [3.8, 4) is 0 Å². The quantitative estimate of drug-likeness (QED) is 0.798. The first-order valence-electron chi connectivity index (χ1n) is 6.27. The van der Waals surface area contributed by atoms with Crippen molar-refractivity contribution in [1.82, 2.24) is 19.9 Å². The summed E-state index contributed by atoms with van der Waals surface area (Å²) in [7, 11) is 0. The number of pyridine rings is 1. The van der Waals surface area contributed by atoms with Crippen molar-refractivity contribution in [2.45, 2.75) is 0 Å². The predicted octanol–water partition coefficient (Wildman–Crippen LogP) is 0.524. The fourth-order valence-corrected chi connectivity index (χ4v) is 3.00. The van der Waals surface area contributed by atoms with Gasteiger partial charge < -0.3 is 10.2 Å². The zero-order valence-corrected chi connectivity index (χ0v) is 9.88. The van der Waals surface area contributed by atoms with Gasteiger partial charge in [0.2, 0.25) is 5.95 Å². The Morgan fingerprint density at radius 3 is 2.78 bits per heavy atom. The van der Waals surface area contributed by atoms with Crippen molar-refractivity contribution >= 4 is 11.6 Å². The topological polar surface area (TPSA) is 45.5 Å². The summed E-state index contributed by atoms with van der Waals surface area (Å²) in [4.78, 5) is 6.66. The van der Waals surface area contributed by atoms with E-state index in [2.05, 4.69) is 20.3 Å². The Hall–Kier alpha value is -1.69. The van der Waals surface area contributed by atoms with E-state index in [1.807, 2.05) is 0 Å². The molecule has 18 heavy (non-hydrogen) atoms. The Morgan fingerprint density at radius 1 is 1.22 bits per heavy atom. The summed E-state index contributed by atoms with van der Waals surface area (Å²) in [6.45, 7) is 4.17. The van der Waals surface area contributed by atoms with Crippen molar-refractivity contribution in [2.24, 2.45) is 11.8 Å². The molecule has 0 aromatic carbocycles. The number of hydrogen-bond donors (Lipinski definition) is 1. The van der Waals surface area contributed by atoms with Crippen LogP contribution in [0.3, 0.4) is 0 Å². The van der Waals surface area contributed by atoms with Gasteiger partial charge in [-0.15, -0.1) is 5.10 Å². The molecular formula is C12H14FN5. The number of nitrogens with zero attached hydrogens (tertiary/aromatic N) is 4. The van der Waals surface area contributed by atoms with E-state index in [1.165, 1.54) is 16.8 Å². The molecule has 0 unspecified atom stereocenters. The van der Waals surface area contributed by atoms with E-state index in [9.17, 15) is 4.39 Å². The molecule has 0 bridgehead atoms. The summed E-state index contributed by atoms with van der Waals surface area (Å²) in [6, 6.07) is 3.07.